The van der Waals surface area contributed by atoms with Crippen molar-refractivity contribution in [3.63, 3.8) is 0 Å². The van der Waals surface area contributed by atoms with Gasteiger partial charge in [0.05, 0.1) is 5.71 Å². The van der Waals surface area contributed by atoms with Gasteiger partial charge in [-0.3, -0.25) is 4.79 Å². The van der Waals surface area contributed by atoms with Crippen molar-refractivity contribution in [3.05, 3.63) is 64.2 Å². The van der Waals surface area contributed by atoms with Crippen LogP contribution in [-0.2, 0) is 17.6 Å². The van der Waals surface area contributed by atoms with Crippen LogP contribution >= 0.6 is 11.6 Å². The van der Waals surface area contributed by atoms with Gasteiger partial charge in [0.15, 0.2) is 6.10 Å². The first-order valence-electron chi connectivity index (χ1n) is 8.41. The zero-order valence-electron chi connectivity index (χ0n) is 14.4. The largest absolute Gasteiger partial charge is 0.481 e. The van der Waals surface area contributed by atoms with Crippen molar-refractivity contribution in [2.75, 3.05) is 0 Å². The van der Waals surface area contributed by atoms with Gasteiger partial charge in [-0.15, -0.1) is 0 Å². The minimum Gasteiger partial charge on any atom is -0.481 e. The third-order valence-electron chi connectivity index (χ3n) is 4.33. The molecule has 0 fully saturated rings. The number of hydrogen-bond donors (Lipinski definition) is 1. The molecule has 0 heterocycles. The van der Waals surface area contributed by atoms with Crippen molar-refractivity contribution in [1.82, 2.24) is 5.43 Å². The minimum atomic E-state index is -0.671. The number of halogens is 1. The molecule has 2 aromatic rings. The Balaban J connectivity index is 1.61. The molecular formula is C20H21ClN2O2. The van der Waals surface area contributed by atoms with E-state index in [1.165, 1.54) is 17.5 Å². The van der Waals surface area contributed by atoms with Crippen molar-refractivity contribution in [3.8, 4) is 5.75 Å². The van der Waals surface area contributed by atoms with Gasteiger partial charge in [0.1, 0.15) is 5.75 Å². The van der Waals surface area contributed by atoms with Crippen molar-refractivity contribution >= 4 is 23.2 Å². The van der Waals surface area contributed by atoms with Gasteiger partial charge in [0, 0.05) is 5.02 Å². The molecule has 0 aliphatic heterocycles. The molecule has 130 valence electrons. The highest BCUT2D eigenvalue weighted by Gasteiger charge is 2.15. The van der Waals surface area contributed by atoms with E-state index in [1.54, 1.807) is 31.2 Å². The summed E-state index contributed by atoms with van der Waals surface area (Å²) >= 11 is 5.92. The van der Waals surface area contributed by atoms with E-state index in [1.807, 2.05) is 6.92 Å². The van der Waals surface area contributed by atoms with Crippen LogP contribution in [0, 0.1) is 0 Å². The summed E-state index contributed by atoms with van der Waals surface area (Å²) in [5.74, 6) is 0.245. The Labute approximate surface area is 152 Å². The Morgan fingerprint density at radius 2 is 2.00 bits per heavy atom. The number of nitrogens with one attached hydrogen (secondary N) is 1. The molecule has 4 nitrogen and oxygen atoms in total. The Kier molecular flexibility index (Phi) is 5.39. The molecule has 1 amide bonds. The molecule has 0 aromatic heterocycles. The number of carbonyl (C=O) groups excluding carboxylic acids is 1. The molecule has 5 heteroatoms. The highest BCUT2D eigenvalue weighted by molar-refractivity contribution is 6.30. The predicted molar refractivity (Wildman–Crippen MR) is 100 cm³/mol. The third kappa shape index (κ3) is 4.40. The molecular weight excluding hydrogens is 336 g/mol. The molecule has 1 aliphatic carbocycles. The maximum Gasteiger partial charge on any atom is 0.280 e. The maximum atomic E-state index is 12.2. The summed E-state index contributed by atoms with van der Waals surface area (Å²) in [6, 6.07) is 13.3. The molecule has 25 heavy (non-hydrogen) atoms. The van der Waals surface area contributed by atoms with Crippen molar-refractivity contribution in [2.24, 2.45) is 5.10 Å². The van der Waals surface area contributed by atoms with Gasteiger partial charge in [0.25, 0.3) is 5.91 Å². The molecule has 0 bridgehead atoms. The number of fused-ring (bicyclic) bond motifs is 1. The van der Waals surface area contributed by atoms with Crippen LogP contribution < -0.4 is 10.2 Å². The van der Waals surface area contributed by atoms with E-state index in [2.05, 4.69) is 28.7 Å². The number of hydrogen-bond acceptors (Lipinski definition) is 3. The highest BCUT2D eigenvalue weighted by Crippen LogP contribution is 2.23. The van der Waals surface area contributed by atoms with Gasteiger partial charge in [-0.2, -0.15) is 5.10 Å². The molecule has 0 saturated carbocycles. The summed E-state index contributed by atoms with van der Waals surface area (Å²) in [5.41, 5.74) is 7.19. The standard InChI is InChI=1S/C20H21ClN2O2/c1-13(16-10-9-15-5-3-6-17(15)11-16)22-23-20(24)14(2)25-19-8-4-7-18(21)12-19/h4,7-12,14H,3,5-6H2,1-2H3,(H,23,24). The van der Waals surface area contributed by atoms with E-state index in [0.717, 1.165) is 24.1 Å². The Hall–Kier alpha value is -2.33. The Bertz CT molecular complexity index is 817. The van der Waals surface area contributed by atoms with Gasteiger partial charge in [-0.25, -0.2) is 5.43 Å². The van der Waals surface area contributed by atoms with Crippen LogP contribution in [0.4, 0.5) is 0 Å². The summed E-state index contributed by atoms with van der Waals surface area (Å²) in [7, 11) is 0. The second kappa shape index (κ2) is 7.70. The zero-order chi connectivity index (χ0) is 17.8. The molecule has 3 rings (SSSR count). The average molecular weight is 357 g/mol. The molecule has 0 radical (unpaired) electrons. The van der Waals surface area contributed by atoms with Crippen molar-refractivity contribution in [2.45, 2.75) is 39.2 Å². The SMILES string of the molecule is CC(=NNC(=O)C(C)Oc1cccc(Cl)c1)c1ccc2c(c1)CCC2. The first kappa shape index (κ1) is 17.5. The first-order chi connectivity index (χ1) is 12.0. The molecule has 1 atom stereocenters. The number of rotatable bonds is 5. The quantitative estimate of drug-likeness (QED) is 0.646. The van der Waals surface area contributed by atoms with E-state index in [4.69, 9.17) is 16.3 Å². The van der Waals surface area contributed by atoms with Crippen molar-refractivity contribution < 1.29 is 9.53 Å². The van der Waals surface area contributed by atoms with Gasteiger partial charge in [0.2, 0.25) is 0 Å². The van der Waals surface area contributed by atoms with Gasteiger partial charge < -0.3 is 4.74 Å². The normalized spacial score (nSPS) is 14.8. The molecule has 1 unspecified atom stereocenters. The summed E-state index contributed by atoms with van der Waals surface area (Å²) in [6.07, 6.45) is 2.81. The van der Waals surface area contributed by atoms with Crippen molar-refractivity contribution in [1.29, 1.82) is 0 Å². The fourth-order valence-corrected chi connectivity index (χ4v) is 3.07. The molecule has 2 aromatic carbocycles. The van der Waals surface area contributed by atoms with Crippen LogP contribution in [0.25, 0.3) is 0 Å². The molecule has 1 N–H and O–H groups in total. The van der Waals surface area contributed by atoms with Crippen LogP contribution in [0.1, 0.15) is 37.0 Å². The summed E-state index contributed by atoms with van der Waals surface area (Å²) < 4.78 is 5.59. The molecule has 1 aliphatic rings. The topological polar surface area (TPSA) is 50.7 Å². The lowest BCUT2D eigenvalue weighted by Crippen LogP contribution is -2.33. The fraction of sp³-hybridized carbons (Fsp3) is 0.300. The number of benzene rings is 2. The lowest BCUT2D eigenvalue weighted by Gasteiger charge is -2.13. The Morgan fingerprint density at radius 3 is 2.80 bits per heavy atom. The summed E-state index contributed by atoms with van der Waals surface area (Å²) in [6.45, 7) is 3.57. The van der Waals surface area contributed by atoms with Crippen LogP contribution in [-0.4, -0.2) is 17.7 Å². The number of amides is 1. The van der Waals surface area contributed by atoms with Crippen LogP contribution in [0.5, 0.6) is 5.75 Å². The molecule has 0 saturated heterocycles. The van der Waals surface area contributed by atoms with Gasteiger partial charge in [-0.1, -0.05) is 29.8 Å². The van der Waals surface area contributed by atoms with E-state index in [0.29, 0.717) is 10.8 Å². The Morgan fingerprint density at radius 1 is 1.20 bits per heavy atom. The predicted octanol–water partition coefficient (Wildman–Crippen LogP) is 4.14. The fourth-order valence-electron chi connectivity index (χ4n) is 2.89. The smallest absolute Gasteiger partial charge is 0.280 e. The maximum absolute atomic E-state index is 12.2. The van der Waals surface area contributed by atoms with E-state index in [9.17, 15) is 4.79 Å². The van der Waals surface area contributed by atoms with Crippen LogP contribution in [0.2, 0.25) is 5.02 Å². The monoisotopic (exact) mass is 356 g/mol. The van der Waals surface area contributed by atoms with E-state index in [-0.39, 0.29) is 5.91 Å². The molecule has 0 spiro atoms. The number of aryl methyl sites for hydroxylation is 2. The van der Waals surface area contributed by atoms with Crippen LogP contribution in [0.15, 0.2) is 47.6 Å². The highest BCUT2D eigenvalue weighted by atomic mass is 35.5. The lowest BCUT2D eigenvalue weighted by atomic mass is 10.0. The minimum absolute atomic E-state index is 0.305. The number of hydrazone groups is 1. The number of ether oxygens (including phenoxy) is 1. The third-order valence-corrected chi connectivity index (χ3v) is 4.56. The second-order valence-corrected chi connectivity index (χ2v) is 6.66. The summed E-state index contributed by atoms with van der Waals surface area (Å²) in [5, 5.41) is 4.78. The average Bonchev–Trinajstić information content (AvgIpc) is 3.07. The lowest BCUT2D eigenvalue weighted by molar-refractivity contribution is -0.127. The van der Waals surface area contributed by atoms with Gasteiger partial charge in [-0.05, 0) is 74.1 Å². The first-order valence-corrected chi connectivity index (χ1v) is 8.79. The second-order valence-electron chi connectivity index (χ2n) is 6.23. The van der Waals surface area contributed by atoms with Gasteiger partial charge >= 0.3 is 0 Å². The number of nitrogens with zero attached hydrogens (tertiary/aromatic N) is 1. The van der Waals surface area contributed by atoms with E-state index >= 15 is 0 Å². The zero-order valence-corrected chi connectivity index (χ0v) is 15.1. The van der Waals surface area contributed by atoms with E-state index < -0.39 is 6.10 Å². The summed E-state index contributed by atoms with van der Waals surface area (Å²) in [4.78, 5) is 12.2. The van der Waals surface area contributed by atoms with Crippen LogP contribution in [0.3, 0.4) is 0 Å². The number of carbonyl (C=O) groups is 1.